The number of nitrogens with zero attached hydrogens (tertiary/aromatic N) is 3. The van der Waals surface area contributed by atoms with Gasteiger partial charge in [-0.05, 0) is 54.4 Å². The molecule has 0 spiro atoms. The molecule has 2 aromatic heterocycles. The summed E-state index contributed by atoms with van der Waals surface area (Å²) in [5.41, 5.74) is 2.30. The molecule has 0 fully saturated rings. The van der Waals surface area contributed by atoms with Gasteiger partial charge in [-0.15, -0.1) is 0 Å². The fourth-order valence-electron chi connectivity index (χ4n) is 1.83. The highest BCUT2D eigenvalue weighted by molar-refractivity contribution is 9.10. The summed E-state index contributed by atoms with van der Waals surface area (Å²) in [5.74, 6) is 0.909. The summed E-state index contributed by atoms with van der Waals surface area (Å²) in [6.07, 6.45) is 2.82. The third-order valence-electron chi connectivity index (χ3n) is 2.68. The van der Waals surface area contributed by atoms with Crippen molar-refractivity contribution in [3.8, 4) is 0 Å². The number of halogens is 1. The predicted molar refractivity (Wildman–Crippen MR) is 76.7 cm³/mol. The zero-order chi connectivity index (χ0) is 13.0. The Morgan fingerprint density at radius 2 is 2.17 bits per heavy atom. The molecule has 0 unspecified atom stereocenters. The number of pyridine rings is 1. The van der Waals surface area contributed by atoms with Crippen molar-refractivity contribution in [1.29, 1.82) is 0 Å². The number of nitrogens with one attached hydrogen (secondary N) is 1. The molecule has 0 radical (unpaired) electrons. The second-order valence-corrected chi connectivity index (χ2v) is 5.21. The van der Waals surface area contributed by atoms with Crippen molar-refractivity contribution < 1.29 is 0 Å². The van der Waals surface area contributed by atoms with Gasteiger partial charge in [-0.25, -0.2) is 4.98 Å². The van der Waals surface area contributed by atoms with Crippen LogP contribution in [0.4, 0.5) is 5.82 Å². The van der Waals surface area contributed by atoms with Gasteiger partial charge >= 0.3 is 0 Å². The van der Waals surface area contributed by atoms with Crippen LogP contribution in [0.15, 0.2) is 28.9 Å². The highest BCUT2D eigenvalue weighted by atomic mass is 79.9. The maximum Gasteiger partial charge on any atom is 0.125 e. The molecule has 0 saturated carbocycles. The molecule has 1 N–H and O–H groups in total. The molecule has 96 valence electrons. The predicted octanol–water partition coefficient (Wildman–Crippen LogP) is 3.16. The van der Waals surface area contributed by atoms with Crippen molar-refractivity contribution >= 4 is 21.7 Å². The molecule has 0 amide bonds. The molecular formula is C13H17BrN4. The molecule has 2 aromatic rings. The van der Waals surface area contributed by atoms with E-state index in [9.17, 15) is 0 Å². The summed E-state index contributed by atoms with van der Waals surface area (Å²) < 4.78 is 3.04. The molecule has 0 saturated heterocycles. The summed E-state index contributed by atoms with van der Waals surface area (Å²) in [7, 11) is 0. The van der Waals surface area contributed by atoms with Crippen molar-refractivity contribution in [3.05, 3.63) is 40.3 Å². The molecule has 0 atom stereocenters. The van der Waals surface area contributed by atoms with Gasteiger partial charge < -0.3 is 5.32 Å². The number of aryl methyl sites for hydroxylation is 3. The second kappa shape index (κ2) is 6.00. The second-order valence-electron chi connectivity index (χ2n) is 4.29. The van der Waals surface area contributed by atoms with E-state index in [1.54, 1.807) is 6.20 Å². The lowest BCUT2D eigenvalue weighted by Gasteiger charge is -2.06. The van der Waals surface area contributed by atoms with Crippen LogP contribution in [0.5, 0.6) is 0 Å². The van der Waals surface area contributed by atoms with Gasteiger partial charge in [0.15, 0.2) is 0 Å². The summed E-state index contributed by atoms with van der Waals surface area (Å²) in [5, 5.41) is 7.73. The Kier molecular flexibility index (Phi) is 4.36. The normalized spacial score (nSPS) is 10.6. The molecule has 5 heteroatoms. The zero-order valence-electron chi connectivity index (χ0n) is 10.7. The smallest absolute Gasteiger partial charge is 0.125 e. The highest BCUT2D eigenvalue weighted by Gasteiger charge is 2.00. The standard InChI is InChI=1S/C13H17BrN4/c1-10-8-11(2)18(17-10)7-3-6-15-13-5-4-12(14)9-16-13/h4-5,8-9H,3,6-7H2,1-2H3,(H,15,16). The van der Waals surface area contributed by atoms with E-state index in [0.29, 0.717) is 0 Å². The lowest BCUT2D eigenvalue weighted by molar-refractivity contribution is 0.573. The molecule has 18 heavy (non-hydrogen) atoms. The van der Waals surface area contributed by atoms with Gasteiger partial charge in [-0.3, -0.25) is 4.68 Å². The van der Waals surface area contributed by atoms with Crippen molar-refractivity contribution in [1.82, 2.24) is 14.8 Å². The van der Waals surface area contributed by atoms with Crippen LogP contribution < -0.4 is 5.32 Å². The Morgan fingerprint density at radius 1 is 1.33 bits per heavy atom. The van der Waals surface area contributed by atoms with Gasteiger partial charge in [0.05, 0.1) is 5.69 Å². The molecule has 0 aliphatic rings. The Morgan fingerprint density at radius 3 is 2.78 bits per heavy atom. The maximum atomic E-state index is 4.43. The van der Waals surface area contributed by atoms with E-state index >= 15 is 0 Å². The van der Waals surface area contributed by atoms with Crippen LogP contribution in [-0.2, 0) is 6.54 Å². The minimum absolute atomic E-state index is 0.896. The zero-order valence-corrected chi connectivity index (χ0v) is 12.2. The number of rotatable bonds is 5. The number of aromatic nitrogens is 3. The third-order valence-corrected chi connectivity index (χ3v) is 3.15. The average molecular weight is 309 g/mol. The van der Waals surface area contributed by atoms with Crippen LogP contribution >= 0.6 is 15.9 Å². The van der Waals surface area contributed by atoms with E-state index in [2.05, 4.69) is 44.3 Å². The van der Waals surface area contributed by atoms with Crippen molar-refractivity contribution in [2.75, 3.05) is 11.9 Å². The van der Waals surface area contributed by atoms with Gasteiger partial charge in [0, 0.05) is 29.5 Å². The highest BCUT2D eigenvalue weighted by Crippen LogP contribution is 2.10. The van der Waals surface area contributed by atoms with Crippen LogP contribution in [-0.4, -0.2) is 21.3 Å². The van der Waals surface area contributed by atoms with Gasteiger partial charge in [0.25, 0.3) is 0 Å². The van der Waals surface area contributed by atoms with Gasteiger partial charge in [0.1, 0.15) is 5.82 Å². The number of hydrogen-bond donors (Lipinski definition) is 1. The first-order valence-corrected chi connectivity index (χ1v) is 6.81. The third kappa shape index (κ3) is 3.57. The monoisotopic (exact) mass is 308 g/mol. The van der Waals surface area contributed by atoms with E-state index in [0.717, 1.165) is 35.5 Å². The van der Waals surface area contributed by atoms with Gasteiger partial charge in [-0.2, -0.15) is 5.10 Å². The average Bonchev–Trinajstić information content (AvgIpc) is 2.66. The fraction of sp³-hybridized carbons (Fsp3) is 0.385. The molecule has 0 bridgehead atoms. The SMILES string of the molecule is Cc1cc(C)n(CCCNc2ccc(Br)cn2)n1. The number of anilines is 1. The fourth-order valence-corrected chi connectivity index (χ4v) is 2.06. The summed E-state index contributed by atoms with van der Waals surface area (Å²) in [6.45, 7) is 5.94. The molecule has 2 rings (SSSR count). The van der Waals surface area contributed by atoms with Gasteiger partial charge in [0.2, 0.25) is 0 Å². The maximum absolute atomic E-state index is 4.43. The first kappa shape index (κ1) is 13.1. The van der Waals surface area contributed by atoms with E-state index in [1.165, 1.54) is 5.69 Å². The van der Waals surface area contributed by atoms with E-state index in [-0.39, 0.29) is 0 Å². The molecule has 0 aliphatic heterocycles. The van der Waals surface area contributed by atoms with E-state index < -0.39 is 0 Å². The molecule has 4 nitrogen and oxygen atoms in total. The Balaban J connectivity index is 1.76. The topological polar surface area (TPSA) is 42.7 Å². The van der Waals surface area contributed by atoms with Crippen LogP contribution in [0.25, 0.3) is 0 Å². The number of hydrogen-bond acceptors (Lipinski definition) is 3. The lowest BCUT2D eigenvalue weighted by Crippen LogP contribution is -2.09. The Labute approximate surface area is 116 Å². The van der Waals surface area contributed by atoms with E-state index in [4.69, 9.17) is 0 Å². The van der Waals surface area contributed by atoms with Crippen LogP contribution in [0, 0.1) is 13.8 Å². The van der Waals surface area contributed by atoms with Crippen LogP contribution in [0.3, 0.4) is 0 Å². The van der Waals surface area contributed by atoms with E-state index in [1.807, 2.05) is 23.7 Å². The van der Waals surface area contributed by atoms with Crippen molar-refractivity contribution in [3.63, 3.8) is 0 Å². The Hall–Kier alpha value is -1.36. The molecule has 2 heterocycles. The van der Waals surface area contributed by atoms with Crippen LogP contribution in [0.2, 0.25) is 0 Å². The minimum atomic E-state index is 0.896. The summed E-state index contributed by atoms with van der Waals surface area (Å²) in [4.78, 5) is 4.26. The molecule has 0 aliphatic carbocycles. The van der Waals surface area contributed by atoms with Crippen LogP contribution in [0.1, 0.15) is 17.8 Å². The van der Waals surface area contributed by atoms with Crippen molar-refractivity contribution in [2.45, 2.75) is 26.8 Å². The minimum Gasteiger partial charge on any atom is -0.370 e. The largest absolute Gasteiger partial charge is 0.370 e. The lowest BCUT2D eigenvalue weighted by atomic mass is 10.3. The quantitative estimate of drug-likeness (QED) is 0.863. The first-order valence-electron chi connectivity index (χ1n) is 6.01. The Bertz CT molecular complexity index is 504. The molecule has 0 aromatic carbocycles. The summed E-state index contributed by atoms with van der Waals surface area (Å²) >= 11 is 3.37. The van der Waals surface area contributed by atoms with Gasteiger partial charge in [-0.1, -0.05) is 0 Å². The summed E-state index contributed by atoms with van der Waals surface area (Å²) in [6, 6.07) is 6.05. The first-order chi connectivity index (χ1) is 8.65. The van der Waals surface area contributed by atoms with Crippen molar-refractivity contribution in [2.24, 2.45) is 0 Å². The molecular weight excluding hydrogens is 292 g/mol.